The van der Waals surface area contributed by atoms with Crippen molar-refractivity contribution >= 4 is 11.8 Å². The van der Waals surface area contributed by atoms with Crippen LogP contribution < -0.4 is 0 Å². The second kappa shape index (κ2) is 5.75. The average molecular weight is 278 g/mol. The molecule has 1 aromatic heterocycles. The molecule has 100 valence electrons. The molecular weight excluding hydrogens is 263 g/mol. The predicted molar refractivity (Wildman–Crippen MR) is 74.5 cm³/mol. The number of halogens is 1. The van der Waals surface area contributed by atoms with Crippen LogP contribution in [0.25, 0.3) is 11.5 Å². The number of aromatic nitrogens is 1. The molecular formula is C14H15FN2OS. The molecule has 2 aromatic rings. The largest absolute Gasteiger partial charge is 0.444 e. The SMILES string of the molecule is Fc1ccc(-c2nc(CN3CCSCC3)co2)cc1. The molecule has 3 rings (SSSR count). The summed E-state index contributed by atoms with van der Waals surface area (Å²) in [4.78, 5) is 6.84. The zero-order chi connectivity index (χ0) is 13.1. The van der Waals surface area contributed by atoms with Crippen LogP contribution in [0.3, 0.4) is 0 Å². The minimum Gasteiger partial charge on any atom is -0.444 e. The molecule has 0 unspecified atom stereocenters. The molecule has 3 nitrogen and oxygen atoms in total. The van der Waals surface area contributed by atoms with E-state index in [1.807, 2.05) is 11.8 Å². The fourth-order valence-corrected chi connectivity index (χ4v) is 3.07. The normalized spacial score (nSPS) is 16.7. The lowest BCUT2D eigenvalue weighted by Crippen LogP contribution is -2.32. The van der Waals surface area contributed by atoms with E-state index >= 15 is 0 Å². The summed E-state index contributed by atoms with van der Waals surface area (Å²) in [5, 5.41) is 0. The van der Waals surface area contributed by atoms with Gasteiger partial charge in [0.15, 0.2) is 0 Å². The summed E-state index contributed by atoms with van der Waals surface area (Å²) in [5.74, 6) is 2.67. The van der Waals surface area contributed by atoms with Gasteiger partial charge in [-0.1, -0.05) is 0 Å². The lowest BCUT2D eigenvalue weighted by Gasteiger charge is -2.24. The first-order valence-corrected chi connectivity index (χ1v) is 7.47. The lowest BCUT2D eigenvalue weighted by molar-refractivity contribution is 0.291. The fraction of sp³-hybridized carbons (Fsp3) is 0.357. The molecule has 0 N–H and O–H groups in total. The van der Waals surface area contributed by atoms with Crippen LogP contribution in [-0.2, 0) is 6.54 Å². The highest BCUT2D eigenvalue weighted by molar-refractivity contribution is 7.99. The van der Waals surface area contributed by atoms with Gasteiger partial charge in [-0.15, -0.1) is 0 Å². The summed E-state index contributed by atoms with van der Waals surface area (Å²) in [7, 11) is 0. The van der Waals surface area contributed by atoms with E-state index in [0.29, 0.717) is 5.89 Å². The van der Waals surface area contributed by atoms with Crippen LogP contribution in [0.5, 0.6) is 0 Å². The van der Waals surface area contributed by atoms with E-state index in [2.05, 4.69) is 9.88 Å². The first kappa shape index (κ1) is 12.7. The second-order valence-corrected chi connectivity index (χ2v) is 5.76. The van der Waals surface area contributed by atoms with Gasteiger partial charge >= 0.3 is 0 Å². The predicted octanol–water partition coefficient (Wildman–Crippen LogP) is 3.03. The van der Waals surface area contributed by atoms with Crippen LogP contribution in [0, 0.1) is 5.82 Å². The highest BCUT2D eigenvalue weighted by Crippen LogP contribution is 2.20. The van der Waals surface area contributed by atoms with Crippen molar-refractivity contribution in [3.05, 3.63) is 42.0 Å². The Morgan fingerprint density at radius 3 is 2.68 bits per heavy atom. The van der Waals surface area contributed by atoms with Gasteiger partial charge in [0.25, 0.3) is 0 Å². The molecule has 0 aliphatic carbocycles. The first-order chi connectivity index (χ1) is 9.31. The van der Waals surface area contributed by atoms with Gasteiger partial charge in [-0.3, -0.25) is 4.90 Å². The number of thioether (sulfide) groups is 1. The molecule has 1 aliphatic rings. The summed E-state index contributed by atoms with van der Waals surface area (Å²) < 4.78 is 18.3. The molecule has 19 heavy (non-hydrogen) atoms. The molecule has 2 heterocycles. The third-order valence-electron chi connectivity index (χ3n) is 3.13. The van der Waals surface area contributed by atoms with E-state index in [9.17, 15) is 4.39 Å². The van der Waals surface area contributed by atoms with Gasteiger partial charge in [0, 0.05) is 36.7 Å². The summed E-state index contributed by atoms with van der Waals surface area (Å²) in [6, 6.07) is 6.20. The highest BCUT2D eigenvalue weighted by Gasteiger charge is 2.13. The Balaban J connectivity index is 1.70. The Labute approximate surface area is 115 Å². The third-order valence-corrected chi connectivity index (χ3v) is 4.07. The number of oxazole rings is 1. The van der Waals surface area contributed by atoms with Crippen molar-refractivity contribution in [2.75, 3.05) is 24.6 Å². The van der Waals surface area contributed by atoms with Crippen molar-refractivity contribution < 1.29 is 8.81 Å². The zero-order valence-electron chi connectivity index (χ0n) is 10.5. The number of hydrogen-bond acceptors (Lipinski definition) is 4. The summed E-state index contributed by atoms with van der Waals surface area (Å²) in [6.45, 7) is 3.03. The minimum absolute atomic E-state index is 0.249. The molecule has 0 radical (unpaired) electrons. The van der Waals surface area contributed by atoms with Crippen molar-refractivity contribution in [3.63, 3.8) is 0 Å². The highest BCUT2D eigenvalue weighted by atomic mass is 32.2. The van der Waals surface area contributed by atoms with E-state index in [1.165, 1.54) is 23.6 Å². The summed E-state index contributed by atoms with van der Waals surface area (Å²) >= 11 is 1.99. The third kappa shape index (κ3) is 3.16. The van der Waals surface area contributed by atoms with Crippen molar-refractivity contribution in [3.8, 4) is 11.5 Å². The molecule has 0 atom stereocenters. The zero-order valence-corrected chi connectivity index (χ0v) is 11.3. The molecule has 1 saturated heterocycles. The first-order valence-electron chi connectivity index (χ1n) is 6.32. The fourth-order valence-electron chi connectivity index (χ4n) is 2.09. The van der Waals surface area contributed by atoms with Crippen LogP contribution in [0.2, 0.25) is 0 Å². The summed E-state index contributed by atoms with van der Waals surface area (Å²) in [5.41, 5.74) is 1.74. The van der Waals surface area contributed by atoms with Crippen molar-refractivity contribution in [1.29, 1.82) is 0 Å². The topological polar surface area (TPSA) is 29.3 Å². The van der Waals surface area contributed by atoms with Gasteiger partial charge in [0.1, 0.15) is 12.1 Å². The van der Waals surface area contributed by atoms with Crippen molar-refractivity contribution in [1.82, 2.24) is 9.88 Å². The molecule has 1 fully saturated rings. The van der Waals surface area contributed by atoms with Gasteiger partial charge in [-0.25, -0.2) is 9.37 Å². The van der Waals surface area contributed by atoms with Gasteiger partial charge in [0.05, 0.1) is 5.69 Å². The number of hydrogen-bond donors (Lipinski definition) is 0. The van der Waals surface area contributed by atoms with E-state index in [-0.39, 0.29) is 5.82 Å². The molecule has 0 spiro atoms. The smallest absolute Gasteiger partial charge is 0.226 e. The molecule has 0 bridgehead atoms. The van der Waals surface area contributed by atoms with Gasteiger partial charge in [-0.2, -0.15) is 11.8 Å². The Morgan fingerprint density at radius 2 is 1.95 bits per heavy atom. The number of nitrogens with zero attached hydrogens (tertiary/aromatic N) is 2. The van der Waals surface area contributed by atoms with Crippen LogP contribution in [-0.4, -0.2) is 34.5 Å². The van der Waals surface area contributed by atoms with E-state index in [4.69, 9.17) is 4.42 Å². The standard InChI is InChI=1S/C14H15FN2OS/c15-12-3-1-11(2-4-12)14-16-13(10-18-14)9-17-5-7-19-8-6-17/h1-4,10H,5-9H2. The van der Waals surface area contributed by atoms with E-state index in [0.717, 1.165) is 30.9 Å². The van der Waals surface area contributed by atoms with Crippen molar-refractivity contribution in [2.24, 2.45) is 0 Å². The lowest BCUT2D eigenvalue weighted by atomic mass is 10.2. The van der Waals surface area contributed by atoms with Gasteiger partial charge < -0.3 is 4.42 Å². The van der Waals surface area contributed by atoms with Crippen LogP contribution in [0.15, 0.2) is 34.9 Å². The summed E-state index contributed by atoms with van der Waals surface area (Å²) in [6.07, 6.45) is 1.69. The maximum Gasteiger partial charge on any atom is 0.226 e. The van der Waals surface area contributed by atoms with Crippen LogP contribution in [0.1, 0.15) is 5.69 Å². The maximum absolute atomic E-state index is 12.9. The Kier molecular flexibility index (Phi) is 3.84. The van der Waals surface area contributed by atoms with Crippen LogP contribution >= 0.6 is 11.8 Å². The number of rotatable bonds is 3. The number of benzene rings is 1. The Morgan fingerprint density at radius 1 is 1.21 bits per heavy atom. The molecule has 0 saturated carbocycles. The maximum atomic E-state index is 12.9. The second-order valence-electron chi connectivity index (χ2n) is 4.54. The molecule has 1 aliphatic heterocycles. The minimum atomic E-state index is -0.249. The van der Waals surface area contributed by atoms with Crippen LogP contribution in [0.4, 0.5) is 4.39 Å². The molecule has 5 heteroatoms. The van der Waals surface area contributed by atoms with Crippen molar-refractivity contribution in [2.45, 2.75) is 6.54 Å². The van der Waals surface area contributed by atoms with Gasteiger partial charge in [0.2, 0.25) is 5.89 Å². The van der Waals surface area contributed by atoms with Gasteiger partial charge in [-0.05, 0) is 24.3 Å². The average Bonchev–Trinajstić information content (AvgIpc) is 2.89. The molecule has 0 amide bonds. The quantitative estimate of drug-likeness (QED) is 0.863. The Bertz CT molecular complexity index is 535. The van der Waals surface area contributed by atoms with E-state index < -0.39 is 0 Å². The monoisotopic (exact) mass is 278 g/mol. The molecule has 1 aromatic carbocycles. The van der Waals surface area contributed by atoms with E-state index in [1.54, 1.807) is 18.4 Å². The Hall–Kier alpha value is -1.33.